The Morgan fingerprint density at radius 2 is 1.96 bits per heavy atom. The van der Waals surface area contributed by atoms with E-state index in [0.29, 0.717) is 6.54 Å². The van der Waals surface area contributed by atoms with Crippen molar-refractivity contribution >= 4 is 31.9 Å². The van der Waals surface area contributed by atoms with Crippen molar-refractivity contribution in [1.29, 1.82) is 0 Å². The molecule has 1 aliphatic carbocycles. The third-order valence-electron chi connectivity index (χ3n) is 3.98. The second kappa shape index (κ2) is 8.78. The number of allylic oxidation sites excluding steroid dienone is 1. The maximum absolute atomic E-state index is 12.3. The maximum Gasteiger partial charge on any atom is 0.241 e. The average Bonchev–Trinajstić information content (AvgIpc) is 2.55. The van der Waals surface area contributed by atoms with Crippen LogP contribution in [0, 0.1) is 0 Å². The average molecular weight is 415 g/mol. The summed E-state index contributed by atoms with van der Waals surface area (Å²) in [6.07, 6.45) is 7.75. The highest BCUT2D eigenvalue weighted by Gasteiger charge is 2.21. The quantitative estimate of drug-likeness (QED) is 0.672. The minimum atomic E-state index is -3.71. The van der Waals surface area contributed by atoms with Crippen molar-refractivity contribution in [2.45, 2.75) is 50.0 Å². The van der Waals surface area contributed by atoms with Crippen molar-refractivity contribution in [3.05, 3.63) is 40.4 Å². The summed E-state index contributed by atoms with van der Waals surface area (Å²) in [6, 6.07) is 5.46. The number of carbonyl (C=O) groups is 1. The lowest BCUT2D eigenvalue weighted by molar-refractivity contribution is -0.122. The van der Waals surface area contributed by atoms with Gasteiger partial charge < -0.3 is 5.32 Å². The first kappa shape index (κ1) is 19.1. The summed E-state index contributed by atoms with van der Waals surface area (Å²) >= 11 is 3.26. The van der Waals surface area contributed by atoms with E-state index in [9.17, 15) is 13.2 Å². The van der Waals surface area contributed by atoms with Gasteiger partial charge in [-0.25, -0.2) is 8.42 Å². The van der Waals surface area contributed by atoms with Gasteiger partial charge in [-0.3, -0.25) is 4.79 Å². The number of rotatable bonds is 7. The number of sulfonamides is 1. The molecule has 0 spiro atoms. The number of hydrogen-bond acceptors (Lipinski definition) is 3. The van der Waals surface area contributed by atoms with E-state index in [-0.39, 0.29) is 10.8 Å². The molecule has 0 aromatic heterocycles. The smallest absolute Gasteiger partial charge is 0.241 e. The number of carbonyl (C=O) groups excluding carboxylic acids is 1. The van der Waals surface area contributed by atoms with Gasteiger partial charge in [-0.1, -0.05) is 27.6 Å². The molecule has 5 nitrogen and oxygen atoms in total. The highest BCUT2D eigenvalue weighted by atomic mass is 79.9. The second-order valence-electron chi connectivity index (χ2n) is 5.95. The zero-order valence-corrected chi connectivity index (χ0v) is 16.1. The van der Waals surface area contributed by atoms with Gasteiger partial charge in [0.1, 0.15) is 0 Å². The van der Waals surface area contributed by atoms with Gasteiger partial charge in [-0.15, -0.1) is 0 Å². The number of halogens is 1. The summed E-state index contributed by atoms with van der Waals surface area (Å²) in [6.45, 7) is 2.08. The molecule has 0 heterocycles. The molecule has 7 heteroatoms. The molecular weight excluding hydrogens is 392 g/mol. The molecule has 2 rings (SSSR count). The number of hydrogen-bond donors (Lipinski definition) is 2. The molecule has 0 fully saturated rings. The minimum absolute atomic E-state index is 0.137. The molecule has 2 N–H and O–H groups in total. The van der Waals surface area contributed by atoms with Crippen LogP contribution in [0.4, 0.5) is 0 Å². The van der Waals surface area contributed by atoms with Crippen LogP contribution >= 0.6 is 15.9 Å². The number of benzene rings is 1. The van der Waals surface area contributed by atoms with Gasteiger partial charge >= 0.3 is 0 Å². The Hall–Kier alpha value is -1.18. The fourth-order valence-electron chi connectivity index (χ4n) is 2.60. The van der Waals surface area contributed by atoms with Gasteiger partial charge in [0.25, 0.3) is 0 Å². The van der Waals surface area contributed by atoms with Crippen molar-refractivity contribution in [1.82, 2.24) is 10.0 Å². The third-order valence-corrected chi connectivity index (χ3v) is 6.06. The first-order chi connectivity index (χ1) is 11.4. The van der Waals surface area contributed by atoms with Crippen LogP contribution in [0.15, 0.2) is 45.3 Å². The summed E-state index contributed by atoms with van der Waals surface area (Å²) in [5.74, 6) is -0.313. The van der Waals surface area contributed by atoms with Crippen molar-refractivity contribution in [3.63, 3.8) is 0 Å². The summed E-state index contributed by atoms with van der Waals surface area (Å²) in [7, 11) is -3.71. The topological polar surface area (TPSA) is 75.3 Å². The van der Waals surface area contributed by atoms with E-state index in [4.69, 9.17) is 0 Å². The van der Waals surface area contributed by atoms with Crippen molar-refractivity contribution in [2.75, 3.05) is 6.54 Å². The van der Waals surface area contributed by atoms with E-state index in [1.165, 1.54) is 30.5 Å². The van der Waals surface area contributed by atoms with E-state index in [1.54, 1.807) is 19.1 Å². The maximum atomic E-state index is 12.3. The molecule has 0 aliphatic heterocycles. The summed E-state index contributed by atoms with van der Waals surface area (Å²) in [5.41, 5.74) is 1.38. The monoisotopic (exact) mass is 414 g/mol. The van der Waals surface area contributed by atoms with Crippen molar-refractivity contribution in [3.8, 4) is 0 Å². The van der Waals surface area contributed by atoms with Crippen LogP contribution in [0.25, 0.3) is 0 Å². The lowest BCUT2D eigenvalue weighted by Crippen LogP contribution is -2.45. The molecule has 0 radical (unpaired) electrons. The highest BCUT2D eigenvalue weighted by Crippen LogP contribution is 2.19. The van der Waals surface area contributed by atoms with Crippen LogP contribution in [0.3, 0.4) is 0 Å². The van der Waals surface area contributed by atoms with E-state index < -0.39 is 16.1 Å². The molecule has 0 saturated heterocycles. The SMILES string of the molecule is C[C@H](NS(=O)(=O)c1ccc(Br)cc1)C(=O)NCCC1=CCCCC1. The molecule has 0 saturated carbocycles. The first-order valence-electron chi connectivity index (χ1n) is 8.12. The van der Waals surface area contributed by atoms with Gasteiger partial charge in [0.05, 0.1) is 10.9 Å². The molecule has 1 aromatic carbocycles. The summed E-state index contributed by atoms with van der Waals surface area (Å²) < 4.78 is 27.7. The predicted octanol–water partition coefficient (Wildman–Crippen LogP) is 3.12. The van der Waals surface area contributed by atoms with E-state index >= 15 is 0 Å². The molecule has 1 atom stereocenters. The first-order valence-corrected chi connectivity index (χ1v) is 10.4. The summed E-state index contributed by atoms with van der Waals surface area (Å²) in [5, 5.41) is 2.80. The fourth-order valence-corrected chi connectivity index (χ4v) is 4.07. The Kier molecular flexibility index (Phi) is 7.01. The Bertz CT molecular complexity index is 699. The zero-order chi connectivity index (χ0) is 17.6. The van der Waals surface area contributed by atoms with Gasteiger partial charge in [0, 0.05) is 11.0 Å². The molecule has 132 valence electrons. The normalized spacial score (nSPS) is 16.3. The molecule has 1 aromatic rings. The Morgan fingerprint density at radius 3 is 2.58 bits per heavy atom. The van der Waals surface area contributed by atoms with E-state index in [2.05, 4.69) is 32.0 Å². The van der Waals surface area contributed by atoms with Crippen LogP contribution in [-0.4, -0.2) is 26.9 Å². The minimum Gasteiger partial charge on any atom is -0.354 e. The number of amides is 1. The number of nitrogens with one attached hydrogen (secondary N) is 2. The van der Waals surface area contributed by atoms with Crippen LogP contribution in [-0.2, 0) is 14.8 Å². The highest BCUT2D eigenvalue weighted by molar-refractivity contribution is 9.10. The van der Waals surface area contributed by atoms with Crippen LogP contribution < -0.4 is 10.0 Å². The Labute approximate surface area is 152 Å². The fraction of sp³-hybridized carbons (Fsp3) is 0.471. The van der Waals surface area contributed by atoms with Crippen molar-refractivity contribution < 1.29 is 13.2 Å². The molecule has 0 unspecified atom stereocenters. The molecule has 0 bridgehead atoms. The summed E-state index contributed by atoms with van der Waals surface area (Å²) in [4.78, 5) is 12.2. The molecule has 1 amide bonds. The van der Waals surface area contributed by atoms with Crippen LogP contribution in [0.1, 0.15) is 39.0 Å². The molecular formula is C17H23BrN2O3S. The van der Waals surface area contributed by atoms with Gasteiger partial charge in [0.2, 0.25) is 15.9 Å². The predicted molar refractivity (Wildman–Crippen MR) is 98.1 cm³/mol. The van der Waals surface area contributed by atoms with Gasteiger partial charge in [0.15, 0.2) is 0 Å². The van der Waals surface area contributed by atoms with E-state index in [1.807, 2.05) is 0 Å². The van der Waals surface area contributed by atoms with Crippen LogP contribution in [0.5, 0.6) is 0 Å². The molecule has 24 heavy (non-hydrogen) atoms. The standard InChI is InChI=1S/C17H23BrN2O3S/c1-13(17(21)19-12-11-14-5-3-2-4-6-14)20-24(22,23)16-9-7-15(18)8-10-16/h5,7-10,13,20H,2-4,6,11-12H2,1H3,(H,19,21)/t13-/m0/s1. The zero-order valence-electron chi connectivity index (χ0n) is 13.7. The third kappa shape index (κ3) is 5.72. The molecule has 1 aliphatic rings. The lowest BCUT2D eigenvalue weighted by Gasteiger charge is -2.16. The Morgan fingerprint density at radius 1 is 1.25 bits per heavy atom. The lowest BCUT2D eigenvalue weighted by atomic mass is 9.97. The van der Waals surface area contributed by atoms with Crippen LogP contribution in [0.2, 0.25) is 0 Å². The second-order valence-corrected chi connectivity index (χ2v) is 8.58. The largest absolute Gasteiger partial charge is 0.354 e. The van der Waals surface area contributed by atoms with Gasteiger partial charge in [-0.05, 0) is 63.3 Å². The van der Waals surface area contributed by atoms with Crippen molar-refractivity contribution in [2.24, 2.45) is 0 Å². The van der Waals surface area contributed by atoms with E-state index in [0.717, 1.165) is 23.7 Å². The van der Waals surface area contributed by atoms with Gasteiger partial charge in [-0.2, -0.15) is 4.72 Å². The Balaban J connectivity index is 1.84.